The molecule has 11 rings (SSSR count). The molecule has 51 heavy (non-hydrogen) atoms. The SMILES string of the molecule is c1ccc(-c2cccc(-c3cc(-c4cccc5c4oc4ccccc45)nc(-n4c5ccccc5c5c6oc7ccccc7c6ccc54)c3)c2)cc1. The van der Waals surface area contributed by atoms with E-state index in [1.54, 1.807) is 0 Å². The van der Waals surface area contributed by atoms with Crippen molar-refractivity contribution < 1.29 is 8.83 Å². The summed E-state index contributed by atoms with van der Waals surface area (Å²) in [6.45, 7) is 0. The highest BCUT2D eigenvalue weighted by Crippen LogP contribution is 2.42. The Kier molecular flexibility index (Phi) is 5.92. The normalized spacial score (nSPS) is 11.9. The van der Waals surface area contributed by atoms with Crippen molar-refractivity contribution in [3.05, 3.63) is 170 Å². The highest BCUT2D eigenvalue weighted by molar-refractivity contribution is 6.23. The Bertz CT molecular complexity index is 3140. The molecule has 0 saturated carbocycles. The Morgan fingerprint density at radius 1 is 0.392 bits per heavy atom. The van der Waals surface area contributed by atoms with E-state index in [1.165, 1.54) is 5.56 Å². The Morgan fingerprint density at radius 2 is 1.00 bits per heavy atom. The number of pyridine rings is 1. The Hall–Kier alpha value is -6.91. The van der Waals surface area contributed by atoms with Gasteiger partial charge in [-0.05, 0) is 76.9 Å². The molecule has 4 nitrogen and oxygen atoms in total. The van der Waals surface area contributed by atoms with Crippen molar-refractivity contribution in [2.75, 3.05) is 0 Å². The average Bonchev–Trinajstić information content (AvgIpc) is 3.88. The van der Waals surface area contributed by atoms with Crippen LogP contribution in [0.25, 0.3) is 105 Å². The zero-order valence-corrected chi connectivity index (χ0v) is 27.4. The van der Waals surface area contributed by atoms with Gasteiger partial charge in [-0.15, -0.1) is 0 Å². The summed E-state index contributed by atoms with van der Waals surface area (Å²) in [5, 5.41) is 6.60. The van der Waals surface area contributed by atoms with Crippen LogP contribution in [0.3, 0.4) is 0 Å². The molecule has 11 aromatic rings. The van der Waals surface area contributed by atoms with Crippen LogP contribution in [0, 0.1) is 0 Å². The van der Waals surface area contributed by atoms with Crippen LogP contribution in [0.2, 0.25) is 0 Å². The van der Waals surface area contributed by atoms with Crippen molar-refractivity contribution in [1.29, 1.82) is 0 Å². The number of hydrogen-bond donors (Lipinski definition) is 0. The lowest BCUT2D eigenvalue weighted by Crippen LogP contribution is -2.00. The van der Waals surface area contributed by atoms with E-state index in [4.69, 9.17) is 13.8 Å². The molecule has 4 heterocycles. The molecule has 0 spiro atoms. The number of rotatable bonds is 4. The van der Waals surface area contributed by atoms with Crippen molar-refractivity contribution in [2.45, 2.75) is 0 Å². The second-order valence-electron chi connectivity index (χ2n) is 13.1. The molecule has 0 aliphatic rings. The standard InChI is InChI=1S/C47H28N2O2/c1-2-12-29(13-3-1)30-14-10-15-31(26-30)32-27-39(37-20-11-19-35-33-16-5-8-22-42(33)50-46(35)37)48-44(28-32)49-40-21-7-4-18-38(40)45-41(49)25-24-36-34-17-6-9-23-43(34)51-47(36)45/h1-28H. The zero-order chi connectivity index (χ0) is 33.5. The van der Waals surface area contributed by atoms with E-state index < -0.39 is 0 Å². The molecule has 0 N–H and O–H groups in total. The van der Waals surface area contributed by atoms with Crippen LogP contribution >= 0.6 is 0 Å². The van der Waals surface area contributed by atoms with Crippen LogP contribution in [0.15, 0.2) is 179 Å². The van der Waals surface area contributed by atoms with E-state index in [2.05, 4.69) is 150 Å². The fourth-order valence-corrected chi connectivity index (χ4v) is 7.87. The first kappa shape index (κ1) is 28.0. The van der Waals surface area contributed by atoms with Crippen LogP contribution in [0.4, 0.5) is 0 Å². The summed E-state index contributed by atoms with van der Waals surface area (Å²) in [5.41, 5.74) is 11.9. The van der Waals surface area contributed by atoms with Crippen LogP contribution in [-0.4, -0.2) is 9.55 Å². The van der Waals surface area contributed by atoms with Crippen LogP contribution in [0.5, 0.6) is 0 Å². The first-order valence-corrected chi connectivity index (χ1v) is 17.2. The fourth-order valence-electron chi connectivity index (χ4n) is 7.87. The highest BCUT2D eigenvalue weighted by atomic mass is 16.3. The van der Waals surface area contributed by atoms with Gasteiger partial charge in [0, 0.05) is 32.5 Å². The van der Waals surface area contributed by atoms with Gasteiger partial charge in [-0.25, -0.2) is 4.98 Å². The lowest BCUT2D eigenvalue weighted by atomic mass is 9.98. The summed E-state index contributed by atoms with van der Waals surface area (Å²) in [7, 11) is 0. The number of nitrogens with zero attached hydrogens (tertiary/aromatic N) is 2. The molecule has 7 aromatic carbocycles. The maximum Gasteiger partial charge on any atom is 0.145 e. The molecule has 238 valence electrons. The van der Waals surface area contributed by atoms with E-state index in [9.17, 15) is 0 Å². The molecule has 0 aliphatic heterocycles. The summed E-state index contributed by atoms with van der Waals surface area (Å²) in [6, 6.07) is 59.5. The maximum absolute atomic E-state index is 6.60. The molecule has 0 atom stereocenters. The molecule has 4 aromatic heterocycles. The maximum atomic E-state index is 6.60. The van der Waals surface area contributed by atoms with E-state index in [-0.39, 0.29) is 0 Å². The smallest absolute Gasteiger partial charge is 0.145 e. The predicted octanol–water partition coefficient (Wildman–Crippen LogP) is 13.0. The van der Waals surface area contributed by atoms with E-state index >= 15 is 0 Å². The number of hydrogen-bond acceptors (Lipinski definition) is 3. The second kappa shape index (κ2) is 10.8. The molecule has 0 radical (unpaired) electrons. The summed E-state index contributed by atoms with van der Waals surface area (Å²) < 4.78 is 15.4. The van der Waals surface area contributed by atoms with Crippen molar-refractivity contribution in [3.8, 4) is 39.3 Å². The first-order valence-electron chi connectivity index (χ1n) is 17.2. The molecule has 0 saturated heterocycles. The van der Waals surface area contributed by atoms with Gasteiger partial charge < -0.3 is 8.83 Å². The van der Waals surface area contributed by atoms with Gasteiger partial charge in [-0.1, -0.05) is 115 Å². The lowest BCUT2D eigenvalue weighted by molar-refractivity contribution is 0.670. The van der Waals surface area contributed by atoms with Crippen molar-refractivity contribution in [1.82, 2.24) is 9.55 Å². The minimum absolute atomic E-state index is 0.822. The van der Waals surface area contributed by atoms with Gasteiger partial charge in [-0.3, -0.25) is 4.57 Å². The average molecular weight is 653 g/mol. The van der Waals surface area contributed by atoms with Crippen molar-refractivity contribution in [2.24, 2.45) is 0 Å². The first-order chi connectivity index (χ1) is 25.3. The number of furan rings is 2. The summed E-state index contributed by atoms with van der Waals surface area (Å²) in [5.74, 6) is 0.822. The molecular weight excluding hydrogens is 625 g/mol. The summed E-state index contributed by atoms with van der Waals surface area (Å²) >= 11 is 0. The van der Waals surface area contributed by atoms with Crippen LogP contribution < -0.4 is 0 Å². The second-order valence-corrected chi connectivity index (χ2v) is 13.1. The van der Waals surface area contributed by atoms with E-state index in [0.717, 1.165) is 99.4 Å². The molecule has 0 aliphatic carbocycles. The summed E-state index contributed by atoms with van der Waals surface area (Å²) in [6.07, 6.45) is 0. The van der Waals surface area contributed by atoms with Gasteiger partial charge >= 0.3 is 0 Å². The third-order valence-corrected chi connectivity index (χ3v) is 10.2. The van der Waals surface area contributed by atoms with Gasteiger partial charge in [0.25, 0.3) is 0 Å². The zero-order valence-electron chi connectivity index (χ0n) is 27.4. The number of benzene rings is 7. The third-order valence-electron chi connectivity index (χ3n) is 10.2. The fraction of sp³-hybridized carbons (Fsp3) is 0. The minimum atomic E-state index is 0.822. The monoisotopic (exact) mass is 652 g/mol. The van der Waals surface area contributed by atoms with Crippen molar-refractivity contribution >= 4 is 65.7 Å². The Labute approximate surface area is 292 Å². The molecule has 0 unspecified atom stereocenters. The van der Waals surface area contributed by atoms with Crippen LogP contribution in [-0.2, 0) is 0 Å². The highest BCUT2D eigenvalue weighted by Gasteiger charge is 2.21. The molecular formula is C47H28N2O2. The topological polar surface area (TPSA) is 44.1 Å². The van der Waals surface area contributed by atoms with E-state index in [1.807, 2.05) is 24.3 Å². The van der Waals surface area contributed by atoms with Gasteiger partial charge in [0.1, 0.15) is 28.1 Å². The number of aromatic nitrogens is 2. The van der Waals surface area contributed by atoms with Gasteiger partial charge in [0.15, 0.2) is 0 Å². The van der Waals surface area contributed by atoms with Crippen molar-refractivity contribution in [3.63, 3.8) is 0 Å². The predicted molar refractivity (Wildman–Crippen MR) is 209 cm³/mol. The molecule has 0 amide bonds. The Morgan fingerprint density at radius 3 is 1.80 bits per heavy atom. The van der Waals surface area contributed by atoms with Gasteiger partial charge in [-0.2, -0.15) is 0 Å². The molecule has 0 bridgehead atoms. The largest absolute Gasteiger partial charge is 0.455 e. The Balaban J connectivity index is 1.22. The third kappa shape index (κ3) is 4.23. The number of para-hydroxylation sites is 4. The van der Waals surface area contributed by atoms with E-state index in [0.29, 0.717) is 0 Å². The lowest BCUT2D eigenvalue weighted by Gasteiger charge is -2.14. The quantitative estimate of drug-likeness (QED) is 0.190. The minimum Gasteiger partial charge on any atom is -0.455 e. The summed E-state index contributed by atoms with van der Waals surface area (Å²) in [4.78, 5) is 5.47. The van der Waals surface area contributed by atoms with Crippen LogP contribution in [0.1, 0.15) is 0 Å². The molecule has 0 fully saturated rings. The van der Waals surface area contributed by atoms with Gasteiger partial charge in [0.2, 0.25) is 0 Å². The molecule has 4 heteroatoms. The van der Waals surface area contributed by atoms with Gasteiger partial charge in [0.05, 0.1) is 22.1 Å². The number of fused-ring (bicyclic) bond motifs is 10.